The van der Waals surface area contributed by atoms with Gasteiger partial charge in [-0.3, -0.25) is 4.79 Å². The molecule has 1 aliphatic rings. The van der Waals surface area contributed by atoms with Crippen molar-refractivity contribution in [3.63, 3.8) is 0 Å². The maximum absolute atomic E-state index is 12.9. The van der Waals surface area contributed by atoms with E-state index in [0.29, 0.717) is 0 Å². The molecule has 1 aromatic heterocycles. The smallest absolute Gasteiger partial charge is 0.253 e. The number of nitrogens with zero attached hydrogens (tertiary/aromatic N) is 5. The third-order valence-corrected chi connectivity index (χ3v) is 6.66. The summed E-state index contributed by atoms with van der Waals surface area (Å²) in [5.41, 5.74) is 2.88. The zero-order valence-corrected chi connectivity index (χ0v) is 21.2. The van der Waals surface area contributed by atoms with Gasteiger partial charge in [0.2, 0.25) is 0 Å². The number of benzene rings is 1. The minimum absolute atomic E-state index is 0.0467. The van der Waals surface area contributed by atoms with Crippen LogP contribution >= 0.6 is 11.8 Å². The van der Waals surface area contributed by atoms with E-state index in [2.05, 4.69) is 63.7 Å². The van der Waals surface area contributed by atoms with Crippen LogP contribution in [-0.2, 0) is 11.2 Å². The van der Waals surface area contributed by atoms with Crippen LogP contribution in [0, 0.1) is 0 Å². The first kappa shape index (κ1) is 24.5. The summed E-state index contributed by atoms with van der Waals surface area (Å²) >= 11 is 1.63. The van der Waals surface area contributed by atoms with Crippen LogP contribution in [0.5, 0.6) is 0 Å². The quantitative estimate of drug-likeness (QED) is 0.458. The Morgan fingerprint density at radius 2 is 1.84 bits per heavy atom. The number of anilines is 1. The van der Waals surface area contributed by atoms with Crippen molar-refractivity contribution in [2.75, 3.05) is 51.7 Å². The molecular formula is C25H37N5OS. The number of amides is 1. The lowest BCUT2D eigenvalue weighted by molar-refractivity contribution is 0.0664. The van der Waals surface area contributed by atoms with E-state index >= 15 is 0 Å². The molecule has 0 unspecified atom stereocenters. The minimum Gasteiger partial charge on any atom is -0.360 e. The lowest BCUT2D eigenvalue weighted by Crippen LogP contribution is -2.47. The van der Waals surface area contributed by atoms with Gasteiger partial charge in [-0.2, -0.15) is 0 Å². The molecule has 2 heterocycles. The van der Waals surface area contributed by atoms with E-state index in [9.17, 15) is 4.79 Å². The van der Waals surface area contributed by atoms with Crippen LogP contribution < -0.4 is 4.90 Å². The standard InChI is InChI=1S/C25H37N5OS/c1-7-11-29(6)22-17-21(25(2,3)4)26-24(27-22)32-18-19-9-8-10-20(16-19)23(31)30-14-12-28(5)13-15-30/h8-10,16-17H,7,11-15,18H2,1-6H3. The molecule has 1 fully saturated rings. The van der Waals surface area contributed by atoms with Crippen LogP contribution in [0.3, 0.4) is 0 Å². The molecule has 0 saturated carbocycles. The lowest BCUT2D eigenvalue weighted by atomic mass is 9.92. The summed E-state index contributed by atoms with van der Waals surface area (Å²) in [6.07, 6.45) is 1.07. The van der Waals surface area contributed by atoms with Crippen molar-refractivity contribution in [2.24, 2.45) is 0 Å². The highest BCUT2D eigenvalue weighted by Gasteiger charge is 2.21. The SMILES string of the molecule is CCCN(C)c1cc(C(C)(C)C)nc(SCc2cccc(C(=O)N3CCN(C)CC3)c2)n1. The molecule has 3 rings (SSSR count). The summed E-state index contributed by atoms with van der Waals surface area (Å²) in [5, 5.41) is 0.783. The molecule has 0 aliphatic carbocycles. The van der Waals surface area contributed by atoms with E-state index in [1.165, 1.54) is 0 Å². The summed E-state index contributed by atoms with van der Waals surface area (Å²) in [4.78, 5) is 29.0. The lowest BCUT2D eigenvalue weighted by Gasteiger charge is -2.32. The van der Waals surface area contributed by atoms with Crippen molar-refractivity contribution in [3.8, 4) is 0 Å². The average Bonchev–Trinajstić information content (AvgIpc) is 2.77. The van der Waals surface area contributed by atoms with Gasteiger partial charge in [0.05, 0.1) is 5.69 Å². The fourth-order valence-corrected chi connectivity index (χ4v) is 4.44. The fraction of sp³-hybridized carbons (Fsp3) is 0.560. The Balaban J connectivity index is 1.74. The molecule has 1 saturated heterocycles. The highest BCUT2D eigenvalue weighted by molar-refractivity contribution is 7.98. The Hall–Kier alpha value is -2.12. The van der Waals surface area contributed by atoms with Gasteiger partial charge >= 0.3 is 0 Å². The molecule has 0 atom stereocenters. The van der Waals surface area contributed by atoms with Gasteiger partial charge < -0.3 is 14.7 Å². The first-order valence-electron chi connectivity index (χ1n) is 11.5. The molecule has 7 heteroatoms. The molecule has 0 radical (unpaired) electrons. The van der Waals surface area contributed by atoms with Crippen LogP contribution in [0.2, 0.25) is 0 Å². The van der Waals surface area contributed by atoms with Crippen LogP contribution in [0.25, 0.3) is 0 Å². The number of piperazine rings is 1. The highest BCUT2D eigenvalue weighted by atomic mass is 32.2. The Kier molecular flexibility index (Phi) is 8.17. The zero-order chi connectivity index (χ0) is 23.3. The highest BCUT2D eigenvalue weighted by Crippen LogP contribution is 2.28. The van der Waals surface area contributed by atoms with Crippen LogP contribution in [0.4, 0.5) is 5.82 Å². The molecule has 6 nitrogen and oxygen atoms in total. The summed E-state index contributed by atoms with van der Waals surface area (Å²) in [5.74, 6) is 1.82. The van der Waals surface area contributed by atoms with E-state index in [-0.39, 0.29) is 11.3 Å². The van der Waals surface area contributed by atoms with Crippen LogP contribution in [-0.4, -0.2) is 72.5 Å². The Morgan fingerprint density at radius 3 is 2.50 bits per heavy atom. The summed E-state index contributed by atoms with van der Waals surface area (Å²) in [7, 11) is 4.18. The Labute approximate surface area is 197 Å². The summed E-state index contributed by atoms with van der Waals surface area (Å²) < 4.78 is 0. The molecule has 0 N–H and O–H groups in total. The van der Waals surface area contributed by atoms with Crippen molar-refractivity contribution >= 4 is 23.5 Å². The van der Waals surface area contributed by atoms with Crippen molar-refractivity contribution in [1.29, 1.82) is 0 Å². The number of thioether (sulfide) groups is 1. The van der Waals surface area contributed by atoms with Gasteiger partial charge in [-0.1, -0.05) is 51.6 Å². The van der Waals surface area contributed by atoms with Gasteiger partial charge in [0.25, 0.3) is 5.91 Å². The van der Waals surface area contributed by atoms with Gasteiger partial charge in [0, 0.05) is 62.6 Å². The Bertz CT molecular complexity index is 919. The first-order valence-corrected chi connectivity index (χ1v) is 12.5. The van der Waals surface area contributed by atoms with Crippen LogP contribution in [0.15, 0.2) is 35.5 Å². The third kappa shape index (κ3) is 6.45. The van der Waals surface area contributed by atoms with Crippen molar-refractivity contribution in [2.45, 2.75) is 50.4 Å². The molecule has 1 aliphatic heterocycles. The van der Waals surface area contributed by atoms with E-state index in [0.717, 1.165) is 72.7 Å². The minimum atomic E-state index is -0.0467. The van der Waals surface area contributed by atoms with Crippen molar-refractivity contribution in [3.05, 3.63) is 47.2 Å². The average molecular weight is 456 g/mol. The summed E-state index contributed by atoms with van der Waals surface area (Å²) in [6.45, 7) is 13.1. The molecule has 174 valence electrons. The van der Waals surface area contributed by atoms with Gasteiger partial charge in [-0.05, 0) is 31.2 Å². The third-order valence-electron chi connectivity index (χ3n) is 5.74. The monoisotopic (exact) mass is 455 g/mol. The van der Waals surface area contributed by atoms with E-state index < -0.39 is 0 Å². The molecule has 1 aromatic carbocycles. The maximum Gasteiger partial charge on any atom is 0.253 e. The van der Waals surface area contributed by atoms with Gasteiger partial charge in [0.1, 0.15) is 5.82 Å². The maximum atomic E-state index is 12.9. The Morgan fingerprint density at radius 1 is 1.12 bits per heavy atom. The number of carbonyl (C=O) groups excluding carboxylic acids is 1. The number of hydrogen-bond donors (Lipinski definition) is 0. The second-order valence-electron chi connectivity index (χ2n) is 9.65. The van der Waals surface area contributed by atoms with Crippen LogP contribution in [0.1, 0.15) is 55.7 Å². The van der Waals surface area contributed by atoms with Crippen molar-refractivity contribution < 1.29 is 4.79 Å². The molecule has 1 amide bonds. The number of aromatic nitrogens is 2. The van der Waals surface area contributed by atoms with E-state index in [1.807, 2.05) is 23.1 Å². The molecular weight excluding hydrogens is 418 g/mol. The predicted octanol–water partition coefficient (Wildman–Crippen LogP) is 4.30. The molecule has 0 spiro atoms. The first-order chi connectivity index (χ1) is 15.2. The van der Waals surface area contributed by atoms with Crippen molar-refractivity contribution in [1.82, 2.24) is 19.8 Å². The molecule has 0 bridgehead atoms. The van der Waals surface area contributed by atoms with Gasteiger partial charge in [0.15, 0.2) is 5.16 Å². The van der Waals surface area contributed by atoms with Gasteiger partial charge in [-0.15, -0.1) is 0 Å². The fourth-order valence-electron chi connectivity index (χ4n) is 3.64. The summed E-state index contributed by atoms with van der Waals surface area (Å²) in [6, 6.07) is 10.1. The van der Waals surface area contributed by atoms with E-state index in [1.54, 1.807) is 11.8 Å². The second-order valence-corrected chi connectivity index (χ2v) is 10.6. The topological polar surface area (TPSA) is 52.6 Å². The van der Waals surface area contributed by atoms with Gasteiger partial charge in [-0.25, -0.2) is 9.97 Å². The number of rotatable bonds is 7. The van der Waals surface area contributed by atoms with E-state index in [4.69, 9.17) is 9.97 Å². The number of carbonyl (C=O) groups is 1. The molecule has 32 heavy (non-hydrogen) atoms. The molecule has 2 aromatic rings. The number of hydrogen-bond acceptors (Lipinski definition) is 6. The predicted molar refractivity (Wildman–Crippen MR) is 134 cm³/mol. The second kappa shape index (κ2) is 10.7. The number of likely N-dealkylation sites (N-methyl/N-ethyl adjacent to an activating group) is 1. The largest absolute Gasteiger partial charge is 0.360 e. The normalized spacial score (nSPS) is 15.1. The zero-order valence-electron chi connectivity index (χ0n) is 20.4.